The highest BCUT2D eigenvalue weighted by Gasteiger charge is 2.27. The van der Waals surface area contributed by atoms with Gasteiger partial charge in [-0.1, -0.05) is 31.4 Å². The first-order valence-electron chi connectivity index (χ1n) is 13.5. The van der Waals surface area contributed by atoms with Crippen LogP contribution in [0.25, 0.3) is 10.4 Å². The maximum absolute atomic E-state index is 13.3. The molecule has 0 spiro atoms. The van der Waals surface area contributed by atoms with Crippen LogP contribution in [0, 0.1) is 0 Å². The number of primary amides is 1. The zero-order valence-electron chi connectivity index (χ0n) is 24.2. The molecule has 11 heteroatoms. The molecule has 1 aromatic heterocycles. The van der Waals surface area contributed by atoms with Gasteiger partial charge in [-0.05, 0) is 72.9 Å². The topological polar surface area (TPSA) is 140 Å². The summed E-state index contributed by atoms with van der Waals surface area (Å²) in [4.78, 5) is 27.8. The Balaban J connectivity index is 0.000000673. The molecule has 9 nitrogen and oxygen atoms in total. The smallest absolute Gasteiger partial charge is 0.404 e. The maximum atomic E-state index is 13.3. The van der Waals surface area contributed by atoms with Gasteiger partial charge in [-0.2, -0.15) is 0 Å². The minimum absolute atomic E-state index is 0.0305. The number of amides is 2. The molecule has 0 radical (unpaired) electrons. The van der Waals surface area contributed by atoms with Gasteiger partial charge in [-0.25, -0.2) is 22.9 Å². The molecule has 0 unspecified atom stereocenters. The van der Waals surface area contributed by atoms with Crippen LogP contribution in [-0.2, 0) is 26.0 Å². The van der Waals surface area contributed by atoms with E-state index in [9.17, 15) is 18.0 Å². The van der Waals surface area contributed by atoms with Crippen molar-refractivity contribution in [1.82, 2.24) is 15.0 Å². The number of nitrogens with two attached hydrogens (primary N) is 1. The van der Waals surface area contributed by atoms with Crippen molar-refractivity contribution < 1.29 is 22.7 Å². The Morgan fingerprint density at radius 2 is 1.77 bits per heavy atom. The van der Waals surface area contributed by atoms with Crippen LogP contribution in [0.1, 0.15) is 97.1 Å². The predicted molar refractivity (Wildman–Crippen MR) is 156 cm³/mol. The lowest BCUT2D eigenvalue weighted by Crippen LogP contribution is -2.40. The third kappa shape index (κ3) is 11.3. The highest BCUT2D eigenvalue weighted by molar-refractivity contribution is 7.89. The van der Waals surface area contributed by atoms with Crippen molar-refractivity contribution in [2.45, 2.75) is 115 Å². The van der Waals surface area contributed by atoms with E-state index in [-0.39, 0.29) is 29.4 Å². The Morgan fingerprint density at radius 1 is 1.13 bits per heavy atom. The van der Waals surface area contributed by atoms with Gasteiger partial charge in [0.25, 0.3) is 0 Å². The number of rotatable bonds is 8. The lowest BCUT2D eigenvalue weighted by Gasteiger charge is -2.22. The van der Waals surface area contributed by atoms with Crippen LogP contribution in [-0.4, -0.2) is 43.1 Å². The lowest BCUT2D eigenvalue weighted by atomic mass is 9.90. The molecular formula is C28H44N4O5S2. The van der Waals surface area contributed by atoms with Crippen molar-refractivity contribution in [3.63, 3.8) is 0 Å². The van der Waals surface area contributed by atoms with Crippen LogP contribution >= 0.6 is 11.3 Å². The second-order valence-corrected chi connectivity index (χ2v) is 14.2. The molecule has 1 saturated carbocycles. The normalized spacial score (nSPS) is 14.6. The van der Waals surface area contributed by atoms with Gasteiger partial charge in [-0.3, -0.25) is 4.79 Å². The monoisotopic (exact) mass is 580 g/mol. The van der Waals surface area contributed by atoms with Gasteiger partial charge in [0.05, 0.1) is 27.3 Å². The van der Waals surface area contributed by atoms with E-state index in [0.29, 0.717) is 17.0 Å². The molecular weight excluding hydrogens is 536 g/mol. The van der Waals surface area contributed by atoms with E-state index < -0.39 is 21.7 Å². The number of carbonyl (C=O) groups excluding carboxylic acids is 2. The Bertz CT molecular complexity index is 1210. The fourth-order valence-electron chi connectivity index (χ4n) is 4.30. The quantitative estimate of drug-likeness (QED) is 0.377. The standard InChI is InChI=1S/C24H35N3O3S2.C4H9NO2/c1-16(2)26-22(28)14-17-11-12-19(21(13-17)32(29,30)27-24(3,4)5)20-15-25-23(31-20)18-9-7-6-8-10-18;1-3(2)7-4(5)6/h11-13,15-16,18,27H,6-10,14H2,1-5H3,(H,26,28);3H,1-2H3,(H2,5,6). The number of sulfonamides is 1. The van der Waals surface area contributed by atoms with Crippen molar-refractivity contribution >= 4 is 33.4 Å². The number of carbonyl (C=O) groups is 2. The summed E-state index contributed by atoms with van der Waals surface area (Å²) in [6.45, 7) is 12.7. The Kier molecular flexibility index (Phi) is 11.9. The third-order valence-electron chi connectivity index (χ3n) is 5.69. The van der Waals surface area contributed by atoms with E-state index in [2.05, 4.69) is 25.5 Å². The predicted octanol–water partition coefficient (Wildman–Crippen LogP) is 5.49. The summed E-state index contributed by atoms with van der Waals surface area (Å²) in [5, 5.41) is 3.95. The van der Waals surface area contributed by atoms with Crippen molar-refractivity contribution in [2.75, 3.05) is 0 Å². The van der Waals surface area contributed by atoms with Crippen molar-refractivity contribution in [3.8, 4) is 10.4 Å². The Labute approximate surface area is 237 Å². The molecule has 39 heavy (non-hydrogen) atoms. The van der Waals surface area contributed by atoms with E-state index in [1.54, 1.807) is 37.4 Å². The first-order chi connectivity index (χ1) is 18.1. The van der Waals surface area contributed by atoms with Crippen molar-refractivity contribution in [3.05, 3.63) is 35.0 Å². The Morgan fingerprint density at radius 3 is 2.28 bits per heavy atom. The van der Waals surface area contributed by atoms with Crippen molar-refractivity contribution in [1.29, 1.82) is 0 Å². The molecule has 218 valence electrons. The average molecular weight is 581 g/mol. The minimum atomic E-state index is -3.80. The molecule has 3 rings (SSSR count). The zero-order chi connectivity index (χ0) is 29.4. The first kappa shape index (κ1) is 32.7. The molecule has 0 saturated heterocycles. The molecule has 0 aliphatic heterocycles. The number of hydrogen-bond donors (Lipinski definition) is 3. The summed E-state index contributed by atoms with van der Waals surface area (Å²) in [6, 6.07) is 5.31. The summed E-state index contributed by atoms with van der Waals surface area (Å²) in [5.41, 5.74) is 5.31. The van der Waals surface area contributed by atoms with E-state index in [1.807, 2.05) is 46.8 Å². The van der Waals surface area contributed by atoms with E-state index >= 15 is 0 Å². The second kappa shape index (κ2) is 14.2. The SMILES string of the molecule is CC(C)NC(=O)Cc1ccc(-c2cnc(C3CCCCC3)s2)c(S(=O)(=O)NC(C)(C)C)c1.CC(C)OC(N)=O. The molecule has 1 aromatic carbocycles. The van der Waals surface area contributed by atoms with E-state index in [4.69, 9.17) is 0 Å². The summed E-state index contributed by atoms with van der Waals surface area (Å²) in [7, 11) is -3.80. The van der Waals surface area contributed by atoms with Gasteiger partial charge in [0.2, 0.25) is 15.9 Å². The number of thiazole rings is 1. The highest BCUT2D eigenvalue weighted by atomic mass is 32.2. The zero-order valence-corrected chi connectivity index (χ0v) is 25.8. The summed E-state index contributed by atoms with van der Waals surface area (Å²) < 4.78 is 33.8. The molecule has 0 bridgehead atoms. The van der Waals surface area contributed by atoms with Gasteiger partial charge in [0.1, 0.15) is 0 Å². The molecule has 1 heterocycles. The van der Waals surface area contributed by atoms with Gasteiger partial charge < -0.3 is 15.8 Å². The van der Waals surface area contributed by atoms with Gasteiger partial charge >= 0.3 is 6.09 Å². The molecule has 2 aromatic rings. The van der Waals surface area contributed by atoms with Crippen LogP contribution in [0.4, 0.5) is 4.79 Å². The summed E-state index contributed by atoms with van der Waals surface area (Å²) in [6.07, 6.45) is 7.14. The Hall–Kier alpha value is -2.50. The number of benzene rings is 1. The number of nitrogens with zero attached hydrogens (tertiary/aromatic N) is 1. The van der Waals surface area contributed by atoms with Crippen LogP contribution in [0.3, 0.4) is 0 Å². The lowest BCUT2D eigenvalue weighted by molar-refractivity contribution is -0.120. The molecule has 4 N–H and O–H groups in total. The molecule has 0 atom stereocenters. The number of ether oxygens (including phenoxy) is 1. The number of hydrogen-bond acceptors (Lipinski definition) is 7. The molecule has 1 fully saturated rings. The minimum Gasteiger partial charge on any atom is -0.447 e. The summed E-state index contributed by atoms with van der Waals surface area (Å²) >= 11 is 1.59. The maximum Gasteiger partial charge on any atom is 0.404 e. The third-order valence-corrected chi connectivity index (χ3v) is 8.68. The van der Waals surface area contributed by atoms with Gasteiger partial charge in [0, 0.05) is 29.3 Å². The molecule has 2 amide bonds. The summed E-state index contributed by atoms with van der Waals surface area (Å²) in [5.74, 6) is 0.339. The average Bonchev–Trinajstić information content (AvgIpc) is 3.27. The van der Waals surface area contributed by atoms with Crippen LogP contribution in [0.2, 0.25) is 0 Å². The van der Waals surface area contributed by atoms with Crippen LogP contribution in [0.5, 0.6) is 0 Å². The molecule has 1 aliphatic rings. The van der Waals surface area contributed by atoms with Crippen molar-refractivity contribution in [2.24, 2.45) is 5.73 Å². The fourth-order valence-corrected chi connectivity index (χ4v) is 7.18. The van der Waals surface area contributed by atoms with E-state index in [0.717, 1.165) is 22.7 Å². The fraction of sp³-hybridized carbons (Fsp3) is 0.607. The first-order valence-corrected chi connectivity index (χ1v) is 15.8. The number of nitrogens with one attached hydrogen (secondary N) is 2. The molecule has 1 aliphatic carbocycles. The second-order valence-electron chi connectivity index (χ2n) is 11.5. The largest absolute Gasteiger partial charge is 0.447 e. The van der Waals surface area contributed by atoms with E-state index in [1.165, 1.54) is 19.3 Å². The van der Waals surface area contributed by atoms with Crippen LogP contribution < -0.4 is 15.8 Å². The van der Waals surface area contributed by atoms with Gasteiger partial charge in [-0.15, -0.1) is 11.3 Å². The van der Waals surface area contributed by atoms with Crippen LogP contribution in [0.15, 0.2) is 29.3 Å². The van der Waals surface area contributed by atoms with Gasteiger partial charge in [0.15, 0.2) is 0 Å². The highest BCUT2D eigenvalue weighted by Crippen LogP contribution is 2.39. The number of aromatic nitrogens is 1.